The Morgan fingerprint density at radius 1 is 0.840 bits per heavy atom. The average Bonchev–Trinajstić information content (AvgIpc) is 2.58. The predicted octanol–water partition coefficient (Wildman–Crippen LogP) is 5.05. The molecule has 0 aromatic rings. The van der Waals surface area contributed by atoms with E-state index < -0.39 is 12.0 Å². The van der Waals surface area contributed by atoms with Gasteiger partial charge in [0.15, 0.2) is 0 Å². The lowest BCUT2D eigenvalue weighted by Crippen LogP contribution is -2.37. The van der Waals surface area contributed by atoms with Gasteiger partial charge in [-0.05, 0) is 39.0 Å². The molecule has 25 heavy (non-hydrogen) atoms. The van der Waals surface area contributed by atoms with E-state index in [1.807, 2.05) is 0 Å². The molecule has 1 unspecified atom stereocenters. The van der Waals surface area contributed by atoms with E-state index in [1.54, 1.807) is 0 Å². The van der Waals surface area contributed by atoms with Crippen LogP contribution in [0.5, 0.6) is 0 Å². The SMILES string of the molecule is CCCCCCCC/C=C\CCCCCCCC(=O)NC(=O)C(C)O. The van der Waals surface area contributed by atoms with Crippen molar-refractivity contribution in [3.8, 4) is 0 Å². The fourth-order valence-electron chi connectivity index (χ4n) is 2.66. The number of carbonyl (C=O) groups excluding carboxylic acids is 2. The van der Waals surface area contributed by atoms with Crippen LogP contribution in [0.4, 0.5) is 0 Å². The molecule has 0 aromatic carbocycles. The summed E-state index contributed by atoms with van der Waals surface area (Å²) in [6.07, 6.45) is 19.7. The minimum atomic E-state index is -1.13. The van der Waals surface area contributed by atoms with Gasteiger partial charge in [-0.1, -0.05) is 70.4 Å². The van der Waals surface area contributed by atoms with Gasteiger partial charge in [-0.3, -0.25) is 14.9 Å². The lowest BCUT2D eigenvalue weighted by atomic mass is 10.1. The number of imide groups is 1. The molecule has 0 aliphatic carbocycles. The van der Waals surface area contributed by atoms with Crippen molar-refractivity contribution in [3.05, 3.63) is 12.2 Å². The molecule has 4 heteroatoms. The van der Waals surface area contributed by atoms with Crippen LogP contribution in [-0.2, 0) is 9.59 Å². The molecule has 0 spiro atoms. The van der Waals surface area contributed by atoms with E-state index in [-0.39, 0.29) is 5.91 Å². The van der Waals surface area contributed by atoms with Crippen molar-refractivity contribution in [2.45, 2.75) is 110 Å². The lowest BCUT2D eigenvalue weighted by Gasteiger charge is -2.05. The Kier molecular flexibility index (Phi) is 16.8. The fraction of sp³-hybridized carbons (Fsp3) is 0.810. The highest BCUT2D eigenvalue weighted by molar-refractivity contribution is 5.96. The molecule has 0 fully saturated rings. The van der Waals surface area contributed by atoms with E-state index in [4.69, 9.17) is 5.11 Å². The summed E-state index contributed by atoms with van der Waals surface area (Å²) >= 11 is 0. The van der Waals surface area contributed by atoms with Crippen LogP contribution in [0.1, 0.15) is 104 Å². The van der Waals surface area contributed by atoms with Crippen LogP contribution in [0.15, 0.2) is 12.2 Å². The quantitative estimate of drug-likeness (QED) is 0.301. The molecule has 0 saturated heterocycles. The summed E-state index contributed by atoms with van der Waals surface area (Å²) in [7, 11) is 0. The largest absolute Gasteiger partial charge is 0.384 e. The van der Waals surface area contributed by atoms with Crippen LogP contribution in [0.25, 0.3) is 0 Å². The molecule has 0 aliphatic heterocycles. The number of amides is 2. The van der Waals surface area contributed by atoms with Crippen molar-refractivity contribution >= 4 is 11.8 Å². The normalized spacial score (nSPS) is 12.4. The standard InChI is InChI=1S/C21H39NO3/c1-3-4-5-6-7-8-9-10-11-12-13-14-15-16-17-18-20(24)22-21(25)19(2)23/h10-11,19,23H,3-9,12-18H2,1-2H3,(H,22,24,25)/b11-10-. The number of aliphatic hydroxyl groups excluding tert-OH is 1. The summed E-state index contributed by atoms with van der Waals surface area (Å²) < 4.78 is 0. The van der Waals surface area contributed by atoms with Gasteiger partial charge in [-0.15, -0.1) is 0 Å². The average molecular weight is 354 g/mol. The van der Waals surface area contributed by atoms with Crippen LogP contribution in [0, 0.1) is 0 Å². The summed E-state index contributed by atoms with van der Waals surface area (Å²) in [5, 5.41) is 11.2. The number of hydrogen-bond acceptors (Lipinski definition) is 3. The molecule has 2 amide bonds. The molecule has 0 heterocycles. The van der Waals surface area contributed by atoms with E-state index in [0.29, 0.717) is 6.42 Å². The van der Waals surface area contributed by atoms with Gasteiger partial charge in [-0.25, -0.2) is 0 Å². The number of aliphatic hydroxyl groups is 1. The first kappa shape index (κ1) is 23.8. The van der Waals surface area contributed by atoms with Gasteiger partial charge in [0.25, 0.3) is 5.91 Å². The van der Waals surface area contributed by atoms with Gasteiger partial charge in [0.05, 0.1) is 0 Å². The number of nitrogens with one attached hydrogen (secondary N) is 1. The van der Waals surface area contributed by atoms with Gasteiger partial charge < -0.3 is 5.11 Å². The van der Waals surface area contributed by atoms with Crippen molar-refractivity contribution in [2.24, 2.45) is 0 Å². The zero-order chi connectivity index (χ0) is 18.8. The third-order valence-corrected chi connectivity index (χ3v) is 4.31. The van der Waals surface area contributed by atoms with Crippen molar-refractivity contribution < 1.29 is 14.7 Å². The minimum absolute atomic E-state index is 0.288. The second-order valence-electron chi connectivity index (χ2n) is 6.92. The predicted molar refractivity (Wildman–Crippen MR) is 104 cm³/mol. The summed E-state index contributed by atoms with van der Waals surface area (Å²) in [4.78, 5) is 22.6. The Hall–Kier alpha value is -1.16. The third-order valence-electron chi connectivity index (χ3n) is 4.31. The van der Waals surface area contributed by atoms with Gasteiger partial charge in [0.1, 0.15) is 6.10 Å². The monoisotopic (exact) mass is 353 g/mol. The molecule has 4 nitrogen and oxygen atoms in total. The van der Waals surface area contributed by atoms with Crippen LogP contribution >= 0.6 is 0 Å². The third kappa shape index (κ3) is 17.5. The minimum Gasteiger partial charge on any atom is -0.384 e. The topological polar surface area (TPSA) is 66.4 Å². The number of allylic oxidation sites excluding steroid dienone is 2. The summed E-state index contributed by atoms with van der Waals surface area (Å²) in [5.74, 6) is -0.902. The van der Waals surface area contributed by atoms with Crippen molar-refractivity contribution in [1.82, 2.24) is 5.32 Å². The Balaban J connectivity index is 3.29. The van der Waals surface area contributed by atoms with Crippen LogP contribution in [0.3, 0.4) is 0 Å². The van der Waals surface area contributed by atoms with E-state index in [1.165, 1.54) is 64.7 Å². The zero-order valence-corrected chi connectivity index (χ0v) is 16.4. The van der Waals surface area contributed by atoms with E-state index in [0.717, 1.165) is 25.7 Å². The Bertz CT molecular complexity index is 364. The van der Waals surface area contributed by atoms with E-state index in [9.17, 15) is 9.59 Å². The summed E-state index contributed by atoms with van der Waals surface area (Å²) in [5.41, 5.74) is 0. The number of rotatable bonds is 16. The molecule has 0 saturated carbocycles. The molecule has 0 radical (unpaired) electrons. The number of unbranched alkanes of at least 4 members (excludes halogenated alkanes) is 11. The first-order valence-corrected chi connectivity index (χ1v) is 10.2. The molecule has 0 aromatic heterocycles. The fourth-order valence-corrected chi connectivity index (χ4v) is 2.66. The first-order chi connectivity index (χ1) is 12.1. The number of hydrogen-bond donors (Lipinski definition) is 2. The molecular weight excluding hydrogens is 314 g/mol. The second-order valence-corrected chi connectivity index (χ2v) is 6.92. The zero-order valence-electron chi connectivity index (χ0n) is 16.4. The maximum atomic E-state index is 11.4. The maximum absolute atomic E-state index is 11.4. The molecule has 2 N–H and O–H groups in total. The van der Waals surface area contributed by atoms with Gasteiger partial charge >= 0.3 is 0 Å². The Morgan fingerprint density at radius 3 is 1.84 bits per heavy atom. The van der Waals surface area contributed by atoms with Crippen LogP contribution in [-0.4, -0.2) is 23.0 Å². The van der Waals surface area contributed by atoms with Crippen LogP contribution in [0.2, 0.25) is 0 Å². The van der Waals surface area contributed by atoms with Gasteiger partial charge in [-0.2, -0.15) is 0 Å². The Morgan fingerprint density at radius 2 is 1.32 bits per heavy atom. The smallest absolute Gasteiger partial charge is 0.255 e. The molecule has 0 aliphatic rings. The molecule has 1 atom stereocenters. The lowest BCUT2D eigenvalue weighted by molar-refractivity contribution is -0.135. The summed E-state index contributed by atoms with van der Waals surface area (Å²) in [6.45, 7) is 3.60. The highest BCUT2D eigenvalue weighted by Gasteiger charge is 2.11. The molecule has 0 rings (SSSR count). The number of carbonyl (C=O) groups is 2. The highest BCUT2D eigenvalue weighted by atomic mass is 16.3. The summed E-state index contributed by atoms with van der Waals surface area (Å²) in [6, 6.07) is 0. The molecule has 0 bridgehead atoms. The molecular formula is C21H39NO3. The van der Waals surface area contributed by atoms with Crippen molar-refractivity contribution in [2.75, 3.05) is 0 Å². The van der Waals surface area contributed by atoms with Gasteiger partial charge in [0.2, 0.25) is 5.91 Å². The van der Waals surface area contributed by atoms with Crippen molar-refractivity contribution in [1.29, 1.82) is 0 Å². The molecule has 146 valence electrons. The maximum Gasteiger partial charge on any atom is 0.255 e. The van der Waals surface area contributed by atoms with E-state index >= 15 is 0 Å². The highest BCUT2D eigenvalue weighted by Crippen LogP contribution is 2.09. The first-order valence-electron chi connectivity index (χ1n) is 10.2. The van der Waals surface area contributed by atoms with E-state index in [2.05, 4.69) is 24.4 Å². The van der Waals surface area contributed by atoms with Crippen molar-refractivity contribution in [3.63, 3.8) is 0 Å². The van der Waals surface area contributed by atoms with Gasteiger partial charge in [0, 0.05) is 6.42 Å². The van der Waals surface area contributed by atoms with Crippen LogP contribution < -0.4 is 5.32 Å². The Labute approximate surface area is 154 Å². The second kappa shape index (κ2) is 17.7.